The summed E-state index contributed by atoms with van der Waals surface area (Å²) in [5, 5.41) is 10.9. The van der Waals surface area contributed by atoms with E-state index in [1.165, 1.54) is 11.0 Å². The molecule has 0 aliphatic rings. The molecule has 2 heterocycles. The first-order chi connectivity index (χ1) is 12.0. The molecule has 2 N–H and O–H groups in total. The summed E-state index contributed by atoms with van der Waals surface area (Å²) in [7, 11) is 3.55. The van der Waals surface area contributed by atoms with Crippen LogP contribution in [0.3, 0.4) is 0 Å². The van der Waals surface area contributed by atoms with E-state index in [2.05, 4.69) is 30.5 Å². The Morgan fingerprint density at radius 3 is 2.60 bits per heavy atom. The number of rotatable bonds is 5. The van der Waals surface area contributed by atoms with Gasteiger partial charge in [-0.05, 0) is 34.7 Å². The molecular weight excluding hydrogens is 326 g/mol. The van der Waals surface area contributed by atoms with Crippen LogP contribution in [-0.2, 0) is 11.3 Å². The minimum atomic E-state index is -0.506. The Morgan fingerprint density at radius 1 is 1.20 bits per heavy atom. The summed E-state index contributed by atoms with van der Waals surface area (Å²) in [6.45, 7) is -0.110. The number of benzene rings is 1. The highest BCUT2D eigenvalue weighted by Crippen LogP contribution is 2.11. The summed E-state index contributed by atoms with van der Waals surface area (Å²) in [6, 6.07) is 6.65. The van der Waals surface area contributed by atoms with Crippen LogP contribution in [0.15, 0.2) is 30.6 Å². The minimum absolute atomic E-state index is 0.0653. The Labute approximate surface area is 142 Å². The van der Waals surface area contributed by atoms with E-state index in [9.17, 15) is 4.79 Å². The van der Waals surface area contributed by atoms with E-state index in [-0.39, 0.29) is 18.4 Å². The maximum Gasteiger partial charge on any atom is 0.338 e. The van der Waals surface area contributed by atoms with Gasteiger partial charge in [-0.1, -0.05) is 0 Å². The average molecular weight is 341 g/mol. The van der Waals surface area contributed by atoms with E-state index >= 15 is 0 Å². The number of tetrazole rings is 1. The van der Waals surface area contributed by atoms with Crippen LogP contribution in [0.2, 0.25) is 0 Å². The maximum absolute atomic E-state index is 12.1. The lowest BCUT2D eigenvalue weighted by Gasteiger charge is -2.11. The molecule has 25 heavy (non-hydrogen) atoms. The van der Waals surface area contributed by atoms with Gasteiger partial charge >= 0.3 is 5.97 Å². The van der Waals surface area contributed by atoms with Crippen molar-refractivity contribution in [1.29, 1.82) is 0 Å². The lowest BCUT2D eigenvalue weighted by Crippen LogP contribution is -2.17. The van der Waals surface area contributed by atoms with Crippen molar-refractivity contribution in [3.63, 3.8) is 0 Å². The summed E-state index contributed by atoms with van der Waals surface area (Å²) in [5.74, 6) is 0.225. The van der Waals surface area contributed by atoms with Crippen molar-refractivity contribution >= 4 is 17.9 Å². The molecule has 0 amide bonds. The van der Waals surface area contributed by atoms with Crippen molar-refractivity contribution < 1.29 is 9.53 Å². The molecule has 3 aromatic rings. The second kappa shape index (κ2) is 6.86. The standard InChI is InChI=1S/C14H15N9O2/c1-22(2)14-18-11(17-13(15)19-14)7-25-12(24)9-3-5-10(6-4-9)23-8-16-20-21-23/h3-6,8H,7H2,1-2H3,(H2,15,17,18,19). The molecule has 0 aliphatic heterocycles. The van der Waals surface area contributed by atoms with Crippen LogP contribution in [-0.4, -0.2) is 55.2 Å². The van der Waals surface area contributed by atoms with Gasteiger partial charge in [-0.2, -0.15) is 15.0 Å². The third-order valence-corrected chi connectivity index (χ3v) is 3.14. The molecular formula is C14H15N9O2. The Balaban J connectivity index is 1.67. The molecule has 128 valence electrons. The van der Waals surface area contributed by atoms with Gasteiger partial charge in [-0.3, -0.25) is 0 Å². The molecule has 0 saturated heterocycles. The van der Waals surface area contributed by atoms with E-state index < -0.39 is 5.97 Å². The number of carbonyl (C=O) groups excluding carboxylic acids is 1. The maximum atomic E-state index is 12.1. The second-order valence-corrected chi connectivity index (χ2v) is 5.18. The van der Waals surface area contributed by atoms with Crippen LogP contribution in [0.5, 0.6) is 0 Å². The van der Waals surface area contributed by atoms with Gasteiger partial charge < -0.3 is 15.4 Å². The normalized spacial score (nSPS) is 10.5. The van der Waals surface area contributed by atoms with E-state index in [0.717, 1.165) is 5.69 Å². The molecule has 1 aromatic carbocycles. The fourth-order valence-electron chi connectivity index (χ4n) is 1.93. The molecule has 0 atom stereocenters. The highest BCUT2D eigenvalue weighted by atomic mass is 16.5. The Kier molecular flexibility index (Phi) is 4.46. The summed E-state index contributed by atoms with van der Waals surface area (Å²) < 4.78 is 6.70. The van der Waals surface area contributed by atoms with Gasteiger partial charge in [0, 0.05) is 14.1 Å². The van der Waals surface area contributed by atoms with Gasteiger partial charge in [0.1, 0.15) is 6.33 Å². The highest BCUT2D eigenvalue weighted by Gasteiger charge is 2.11. The summed E-state index contributed by atoms with van der Waals surface area (Å²) in [4.78, 5) is 25.9. The molecule has 0 saturated carbocycles. The highest BCUT2D eigenvalue weighted by molar-refractivity contribution is 5.89. The van der Waals surface area contributed by atoms with Crippen LogP contribution >= 0.6 is 0 Å². The molecule has 0 radical (unpaired) electrons. The molecule has 11 heteroatoms. The number of ether oxygens (including phenoxy) is 1. The van der Waals surface area contributed by atoms with Crippen molar-refractivity contribution in [2.75, 3.05) is 24.7 Å². The number of nitrogens with two attached hydrogens (primary N) is 1. The SMILES string of the molecule is CN(C)c1nc(N)nc(COC(=O)c2ccc(-n3cnnn3)cc2)n1. The van der Waals surface area contributed by atoms with Crippen molar-refractivity contribution in [2.24, 2.45) is 0 Å². The predicted octanol–water partition coefficient (Wildman–Crippen LogP) is -0.147. The van der Waals surface area contributed by atoms with E-state index in [1.807, 2.05) is 0 Å². The zero-order valence-corrected chi connectivity index (χ0v) is 13.6. The van der Waals surface area contributed by atoms with Crippen LogP contribution in [0.25, 0.3) is 5.69 Å². The lowest BCUT2D eigenvalue weighted by atomic mass is 10.2. The number of hydrogen-bond donors (Lipinski definition) is 1. The number of aromatic nitrogens is 7. The number of hydrogen-bond acceptors (Lipinski definition) is 10. The summed E-state index contributed by atoms with van der Waals surface area (Å²) >= 11 is 0. The van der Waals surface area contributed by atoms with Crippen molar-refractivity contribution in [3.8, 4) is 5.69 Å². The molecule has 0 fully saturated rings. The zero-order chi connectivity index (χ0) is 17.8. The fraction of sp³-hybridized carbons (Fsp3) is 0.214. The van der Waals surface area contributed by atoms with Gasteiger partial charge in [-0.25, -0.2) is 9.48 Å². The van der Waals surface area contributed by atoms with Crippen molar-refractivity contribution in [1.82, 2.24) is 35.2 Å². The predicted molar refractivity (Wildman–Crippen MR) is 86.8 cm³/mol. The quantitative estimate of drug-likeness (QED) is 0.623. The molecule has 0 bridgehead atoms. The lowest BCUT2D eigenvalue weighted by molar-refractivity contribution is 0.0462. The number of nitrogen functional groups attached to an aromatic ring is 1. The van der Waals surface area contributed by atoms with Crippen LogP contribution in [0, 0.1) is 0 Å². The molecule has 11 nitrogen and oxygen atoms in total. The smallest absolute Gasteiger partial charge is 0.338 e. The van der Waals surface area contributed by atoms with Crippen LogP contribution in [0.1, 0.15) is 16.2 Å². The molecule has 0 unspecified atom stereocenters. The van der Waals surface area contributed by atoms with Crippen LogP contribution in [0.4, 0.5) is 11.9 Å². The topological polar surface area (TPSA) is 138 Å². The summed E-state index contributed by atoms with van der Waals surface area (Å²) in [6.07, 6.45) is 1.46. The van der Waals surface area contributed by atoms with Gasteiger partial charge in [0.25, 0.3) is 0 Å². The van der Waals surface area contributed by atoms with Gasteiger partial charge in [0.05, 0.1) is 11.3 Å². The first kappa shape index (κ1) is 16.2. The molecule has 0 spiro atoms. The Bertz CT molecular complexity index is 863. The van der Waals surface area contributed by atoms with E-state index in [4.69, 9.17) is 10.5 Å². The number of carbonyl (C=O) groups is 1. The Hall–Kier alpha value is -3.63. The van der Waals surface area contributed by atoms with Gasteiger partial charge in [0.15, 0.2) is 12.4 Å². The first-order valence-electron chi connectivity index (χ1n) is 7.21. The average Bonchev–Trinajstić information content (AvgIpc) is 3.14. The zero-order valence-electron chi connectivity index (χ0n) is 13.6. The number of esters is 1. The number of anilines is 2. The van der Waals surface area contributed by atoms with Gasteiger partial charge in [0.2, 0.25) is 11.9 Å². The molecule has 3 rings (SSSR count). The third kappa shape index (κ3) is 3.83. The minimum Gasteiger partial charge on any atom is -0.454 e. The fourth-order valence-corrected chi connectivity index (χ4v) is 1.93. The Morgan fingerprint density at radius 2 is 1.96 bits per heavy atom. The number of nitrogens with zero attached hydrogens (tertiary/aromatic N) is 8. The van der Waals surface area contributed by atoms with Gasteiger partial charge in [-0.15, -0.1) is 5.10 Å². The third-order valence-electron chi connectivity index (χ3n) is 3.14. The first-order valence-corrected chi connectivity index (χ1v) is 7.21. The van der Waals surface area contributed by atoms with E-state index in [1.54, 1.807) is 43.3 Å². The van der Waals surface area contributed by atoms with Crippen LogP contribution < -0.4 is 10.6 Å². The van der Waals surface area contributed by atoms with E-state index in [0.29, 0.717) is 11.5 Å². The molecule has 2 aromatic heterocycles. The van der Waals surface area contributed by atoms with Crippen molar-refractivity contribution in [3.05, 3.63) is 42.0 Å². The summed E-state index contributed by atoms with van der Waals surface area (Å²) in [5.41, 5.74) is 6.74. The largest absolute Gasteiger partial charge is 0.454 e. The second-order valence-electron chi connectivity index (χ2n) is 5.18. The molecule has 0 aliphatic carbocycles. The monoisotopic (exact) mass is 341 g/mol. The van der Waals surface area contributed by atoms with Crippen molar-refractivity contribution in [2.45, 2.75) is 6.61 Å².